The molecule has 2 bridgehead atoms. The second-order valence-electron chi connectivity index (χ2n) is 12.7. The van der Waals surface area contributed by atoms with E-state index in [4.69, 9.17) is 0 Å². The summed E-state index contributed by atoms with van der Waals surface area (Å²) in [4.78, 5) is 2.47. The lowest BCUT2D eigenvalue weighted by Crippen LogP contribution is -2.17. The highest BCUT2D eigenvalue weighted by molar-refractivity contribution is 5.98. The van der Waals surface area contributed by atoms with E-state index in [2.05, 4.69) is 194 Å². The first kappa shape index (κ1) is 29.5. The first-order valence-electron chi connectivity index (χ1n) is 16.8. The Morgan fingerprint density at radius 3 is 2.08 bits per heavy atom. The molecule has 0 saturated carbocycles. The van der Waals surface area contributed by atoms with Crippen molar-refractivity contribution in [2.24, 2.45) is 0 Å². The molecule has 1 N–H and O–H groups in total. The third kappa shape index (κ3) is 5.46. The van der Waals surface area contributed by atoms with E-state index in [1.54, 1.807) is 0 Å². The van der Waals surface area contributed by atoms with Gasteiger partial charge in [0.2, 0.25) is 0 Å². The van der Waals surface area contributed by atoms with Crippen LogP contribution < -0.4 is 10.2 Å². The van der Waals surface area contributed by atoms with Gasteiger partial charge in [-0.1, -0.05) is 128 Å². The normalized spacial score (nSPS) is 17.0. The van der Waals surface area contributed by atoms with Crippen molar-refractivity contribution in [3.05, 3.63) is 198 Å². The zero-order valence-corrected chi connectivity index (χ0v) is 27.4. The highest BCUT2D eigenvalue weighted by Gasteiger charge is 2.28. The third-order valence-electron chi connectivity index (χ3n) is 9.74. The zero-order valence-electron chi connectivity index (χ0n) is 27.4. The summed E-state index contributed by atoms with van der Waals surface area (Å²) in [5.41, 5.74) is 17.4. The number of anilines is 3. The Hall–Kier alpha value is -5.86. The standard InChI is InChI=1S/C46H38N2/c1-32-28-37(35-16-8-4-9-17-35)26-27-47-31-39-29-38-25-24-36(34-14-6-3-7-15-34)30-43(38)42-21-13-23-45(46(39)42)48(40-18-10-5-11-19-40)44-22-12-20-41(32)33(44)2/h3-28,30-32,47H,29H2,1-2H3/b27-26-,37-28+,39-31?. The van der Waals surface area contributed by atoms with Crippen molar-refractivity contribution in [3.8, 4) is 22.3 Å². The number of para-hydroxylation sites is 1. The van der Waals surface area contributed by atoms with E-state index in [9.17, 15) is 0 Å². The van der Waals surface area contributed by atoms with Crippen molar-refractivity contribution >= 4 is 28.2 Å². The number of benzene rings is 6. The van der Waals surface area contributed by atoms with Gasteiger partial charge in [0.25, 0.3) is 0 Å². The van der Waals surface area contributed by atoms with Gasteiger partial charge in [0.15, 0.2) is 0 Å². The first-order chi connectivity index (χ1) is 23.7. The van der Waals surface area contributed by atoms with Gasteiger partial charge in [0, 0.05) is 41.7 Å². The molecule has 2 heteroatoms. The minimum atomic E-state index is 0.199. The summed E-state index contributed by atoms with van der Waals surface area (Å²) in [5.74, 6) is 0.199. The fourth-order valence-corrected chi connectivity index (χ4v) is 7.38. The molecule has 1 aliphatic carbocycles. The maximum Gasteiger partial charge on any atom is 0.0543 e. The van der Waals surface area contributed by atoms with Gasteiger partial charge >= 0.3 is 0 Å². The monoisotopic (exact) mass is 618 g/mol. The zero-order chi connectivity index (χ0) is 32.5. The van der Waals surface area contributed by atoms with E-state index >= 15 is 0 Å². The summed E-state index contributed by atoms with van der Waals surface area (Å²) < 4.78 is 0. The summed E-state index contributed by atoms with van der Waals surface area (Å²) in [6.07, 6.45) is 9.71. The van der Waals surface area contributed by atoms with Crippen LogP contribution in [0.1, 0.15) is 40.7 Å². The van der Waals surface area contributed by atoms with E-state index in [0.29, 0.717) is 0 Å². The number of hydrogen-bond donors (Lipinski definition) is 1. The molecule has 0 spiro atoms. The predicted molar refractivity (Wildman–Crippen MR) is 204 cm³/mol. The van der Waals surface area contributed by atoms with Crippen LogP contribution in [-0.2, 0) is 6.42 Å². The SMILES string of the molecule is Cc1c2cccc1N(c1ccccc1)c1cccc3c1C(=CN/C=C\C(c1ccccc1)=C/C2C)Cc1ccc(-c2ccccc2)cc1-3. The molecule has 1 heterocycles. The maximum atomic E-state index is 3.60. The average Bonchev–Trinajstić information content (AvgIpc) is 3.14. The van der Waals surface area contributed by atoms with Crippen molar-refractivity contribution in [1.29, 1.82) is 0 Å². The summed E-state index contributed by atoms with van der Waals surface area (Å²) >= 11 is 0. The molecule has 48 heavy (non-hydrogen) atoms. The Balaban J connectivity index is 1.39. The van der Waals surface area contributed by atoms with Crippen LogP contribution >= 0.6 is 0 Å². The maximum absolute atomic E-state index is 3.60. The molecule has 0 fully saturated rings. The van der Waals surface area contributed by atoms with Gasteiger partial charge in [-0.05, 0) is 99.0 Å². The van der Waals surface area contributed by atoms with E-state index in [1.807, 2.05) is 0 Å². The Bertz CT molecular complexity index is 2190. The number of nitrogens with one attached hydrogen (secondary N) is 1. The van der Waals surface area contributed by atoms with Crippen molar-refractivity contribution < 1.29 is 0 Å². The molecule has 0 aromatic heterocycles. The van der Waals surface area contributed by atoms with Crippen LogP contribution in [0.15, 0.2) is 170 Å². The first-order valence-corrected chi connectivity index (χ1v) is 16.8. The number of rotatable bonds is 3. The van der Waals surface area contributed by atoms with Crippen molar-refractivity contribution in [2.45, 2.75) is 26.2 Å². The predicted octanol–water partition coefficient (Wildman–Crippen LogP) is 12.0. The van der Waals surface area contributed by atoms with E-state index in [1.165, 1.54) is 72.6 Å². The van der Waals surface area contributed by atoms with Gasteiger partial charge in [-0.3, -0.25) is 0 Å². The lowest BCUT2D eigenvalue weighted by atomic mass is 9.80. The summed E-state index contributed by atoms with van der Waals surface area (Å²) in [6.45, 7) is 4.59. The number of nitrogens with zero attached hydrogens (tertiary/aromatic N) is 1. The summed E-state index contributed by atoms with van der Waals surface area (Å²) in [7, 11) is 0. The molecular formula is C46H38N2. The fraction of sp³-hybridized carbons (Fsp3) is 0.0870. The highest BCUT2D eigenvalue weighted by atomic mass is 15.1. The molecule has 1 unspecified atom stereocenters. The summed E-state index contributed by atoms with van der Waals surface area (Å²) in [5, 5.41) is 3.60. The smallest absolute Gasteiger partial charge is 0.0543 e. The Morgan fingerprint density at radius 1 is 0.625 bits per heavy atom. The molecule has 0 amide bonds. The van der Waals surface area contributed by atoms with Gasteiger partial charge in [0.1, 0.15) is 0 Å². The van der Waals surface area contributed by atoms with Crippen LogP contribution in [0, 0.1) is 6.92 Å². The van der Waals surface area contributed by atoms with Crippen LogP contribution in [0.5, 0.6) is 0 Å². The largest absolute Gasteiger partial charge is 0.367 e. The topological polar surface area (TPSA) is 15.3 Å². The lowest BCUT2D eigenvalue weighted by molar-refractivity contribution is 0.952. The van der Waals surface area contributed by atoms with Gasteiger partial charge in [0.05, 0.1) is 5.69 Å². The highest BCUT2D eigenvalue weighted by Crippen LogP contribution is 2.49. The molecular weight excluding hydrogens is 581 g/mol. The number of hydrogen-bond acceptors (Lipinski definition) is 2. The van der Waals surface area contributed by atoms with Gasteiger partial charge in [-0.2, -0.15) is 0 Å². The lowest BCUT2D eigenvalue weighted by Gasteiger charge is -2.34. The fourth-order valence-electron chi connectivity index (χ4n) is 7.38. The van der Waals surface area contributed by atoms with Gasteiger partial charge in [-0.25, -0.2) is 0 Å². The Kier molecular flexibility index (Phi) is 7.84. The quantitative estimate of drug-likeness (QED) is 0.212. The molecule has 8 rings (SSSR count). The van der Waals surface area contributed by atoms with Crippen molar-refractivity contribution in [3.63, 3.8) is 0 Å². The molecule has 1 atom stereocenters. The van der Waals surface area contributed by atoms with Gasteiger partial charge in [-0.15, -0.1) is 0 Å². The molecule has 6 aromatic rings. The molecule has 1 aliphatic heterocycles. The van der Waals surface area contributed by atoms with E-state index in [-0.39, 0.29) is 5.92 Å². The third-order valence-corrected chi connectivity index (χ3v) is 9.74. The van der Waals surface area contributed by atoms with Crippen LogP contribution in [0.2, 0.25) is 0 Å². The van der Waals surface area contributed by atoms with Gasteiger partial charge < -0.3 is 10.2 Å². The van der Waals surface area contributed by atoms with Crippen LogP contribution in [0.25, 0.3) is 33.4 Å². The number of allylic oxidation sites excluding steroid dienone is 4. The van der Waals surface area contributed by atoms with Crippen LogP contribution in [-0.4, -0.2) is 0 Å². The van der Waals surface area contributed by atoms with Crippen LogP contribution in [0.3, 0.4) is 0 Å². The van der Waals surface area contributed by atoms with Crippen LogP contribution in [0.4, 0.5) is 17.1 Å². The number of fused-ring (bicyclic) bond motifs is 4. The molecule has 2 nitrogen and oxygen atoms in total. The molecule has 6 aromatic carbocycles. The average molecular weight is 619 g/mol. The van der Waals surface area contributed by atoms with Crippen molar-refractivity contribution in [2.75, 3.05) is 4.90 Å². The second-order valence-corrected chi connectivity index (χ2v) is 12.7. The molecule has 2 aliphatic rings. The second kappa shape index (κ2) is 12.7. The molecule has 0 radical (unpaired) electrons. The van der Waals surface area contributed by atoms with E-state index in [0.717, 1.165) is 12.1 Å². The van der Waals surface area contributed by atoms with E-state index < -0.39 is 0 Å². The van der Waals surface area contributed by atoms with Crippen molar-refractivity contribution in [1.82, 2.24) is 5.32 Å². The minimum absolute atomic E-state index is 0.199. The Morgan fingerprint density at radius 2 is 1.31 bits per heavy atom. The molecule has 232 valence electrons. The Labute approximate surface area is 284 Å². The molecule has 0 saturated heterocycles. The minimum Gasteiger partial charge on any atom is -0.367 e. The summed E-state index contributed by atoms with van der Waals surface area (Å²) in [6, 6.07) is 52.7.